The molecule has 0 fully saturated rings. The summed E-state index contributed by atoms with van der Waals surface area (Å²) >= 11 is 6.94. The number of carbonyl (C=O) groups excluding carboxylic acids is 1. The van der Waals surface area contributed by atoms with Gasteiger partial charge in [0.1, 0.15) is 5.82 Å². The van der Waals surface area contributed by atoms with Gasteiger partial charge in [0.05, 0.1) is 5.69 Å². The van der Waals surface area contributed by atoms with Crippen molar-refractivity contribution >= 4 is 35.0 Å². The van der Waals surface area contributed by atoms with Crippen LogP contribution in [0, 0.1) is 5.82 Å². The number of amides is 1. The molecule has 0 saturated carbocycles. The maximum atomic E-state index is 13.6. The quantitative estimate of drug-likeness (QED) is 0.577. The van der Waals surface area contributed by atoms with Crippen molar-refractivity contribution in [2.75, 3.05) is 11.1 Å². The summed E-state index contributed by atoms with van der Waals surface area (Å²) in [6.45, 7) is 2.01. The van der Waals surface area contributed by atoms with Gasteiger partial charge in [0, 0.05) is 29.0 Å². The molecule has 0 aliphatic carbocycles. The van der Waals surface area contributed by atoms with Crippen LogP contribution in [-0.4, -0.2) is 21.6 Å². The van der Waals surface area contributed by atoms with Crippen molar-refractivity contribution in [2.45, 2.75) is 31.3 Å². The molecule has 0 spiro atoms. The van der Waals surface area contributed by atoms with Gasteiger partial charge in [-0.2, -0.15) is 0 Å². The molecule has 1 aromatic heterocycles. The van der Waals surface area contributed by atoms with Gasteiger partial charge < -0.3 is 10.3 Å². The Morgan fingerprint density at radius 3 is 2.92 bits per heavy atom. The fourth-order valence-electron chi connectivity index (χ4n) is 1.98. The average Bonchev–Trinajstić information content (AvgIpc) is 2.50. The molecule has 2 N–H and O–H groups in total. The standard InChI is InChI=1S/C16H17ClFN3O2S/c1-2-3-11-9-15(23)21-16(19-11)24-7-6-14(22)20-13-5-4-10(17)8-12(13)18/h4-5,8-9H,2-3,6-7H2,1H3,(H,20,22)(H,19,21,23). The van der Waals surface area contributed by atoms with Gasteiger partial charge in [-0.05, 0) is 24.6 Å². The highest BCUT2D eigenvalue weighted by Gasteiger charge is 2.09. The van der Waals surface area contributed by atoms with E-state index < -0.39 is 5.82 Å². The summed E-state index contributed by atoms with van der Waals surface area (Å²) in [4.78, 5) is 30.4. The van der Waals surface area contributed by atoms with Gasteiger partial charge >= 0.3 is 0 Å². The first-order valence-corrected chi connectivity index (χ1v) is 8.82. The lowest BCUT2D eigenvalue weighted by Gasteiger charge is -2.07. The van der Waals surface area contributed by atoms with Crippen LogP contribution in [0.25, 0.3) is 0 Å². The molecular weight excluding hydrogens is 353 g/mol. The van der Waals surface area contributed by atoms with E-state index >= 15 is 0 Å². The molecule has 1 aromatic carbocycles. The smallest absolute Gasteiger partial charge is 0.251 e. The molecule has 0 aliphatic rings. The number of hydrogen-bond donors (Lipinski definition) is 2. The Hall–Kier alpha value is -1.86. The zero-order valence-corrected chi connectivity index (χ0v) is 14.6. The lowest BCUT2D eigenvalue weighted by molar-refractivity contribution is -0.115. The number of H-pyrrole nitrogens is 1. The first kappa shape index (κ1) is 18.5. The van der Waals surface area contributed by atoms with E-state index in [0.717, 1.165) is 24.6 Å². The summed E-state index contributed by atoms with van der Waals surface area (Å²) in [7, 11) is 0. The second kappa shape index (κ2) is 8.84. The van der Waals surface area contributed by atoms with Crippen LogP contribution in [0.3, 0.4) is 0 Å². The number of carbonyl (C=O) groups is 1. The van der Waals surface area contributed by atoms with Gasteiger partial charge in [-0.25, -0.2) is 9.37 Å². The number of hydrogen-bond acceptors (Lipinski definition) is 4. The third-order valence-corrected chi connectivity index (χ3v) is 4.16. The first-order valence-electron chi connectivity index (χ1n) is 7.46. The number of nitrogens with one attached hydrogen (secondary N) is 2. The van der Waals surface area contributed by atoms with Gasteiger partial charge in [0.25, 0.3) is 5.56 Å². The Morgan fingerprint density at radius 2 is 2.21 bits per heavy atom. The maximum Gasteiger partial charge on any atom is 0.251 e. The highest BCUT2D eigenvalue weighted by atomic mass is 35.5. The monoisotopic (exact) mass is 369 g/mol. The molecule has 128 valence electrons. The Kier molecular flexibility index (Phi) is 6.81. The molecule has 2 aromatic rings. The van der Waals surface area contributed by atoms with Gasteiger partial charge in [-0.1, -0.05) is 36.7 Å². The van der Waals surface area contributed by atoms with Gasteiger partial charge in [-0.3, -0.25) is 9.59 Å². The van der Waals surface area contributed by atoms with Gasteiger partial charge in [0.15, 0.2) is 5.16 Å². The lowest BCUT2D eigenvalue weighted by Crippen LogP contribution is -2.14. The molecule has 24 heavy (non-hydrogen) atoms. The van der Waals surface area contributed by atoms with E-state index in [-0.39, 0.29) is 28.6 Å². The Labute approximate surface area is 148 Å². The summed E-state index contributed by atoms with van der Waals surface area (Å²) in [6, 6.07) is 5.53. The van der Waals surface area contributed by atoms with Crippen molar-refractivity contribution in [1.29, 1.82) is 0 Å². The van der Waals surface area contributed by atoms with E-state index in [1.165, 1.54) is 30.0 Å². The number of rotatable bonds is 7. The number of benzene rings is 1. The number of halogens is 2. The Morgan fingerprint density at radius 1 is 1.42 bits per heavy atom. The van der Waals surface area contributed by atoms with Crippen LogP contribution in [-0.2, 0) is 11.2 Å². The van der Waals surface area contributed by atoms with E-state index in [9.17, 15) is 14.0 Å². The van der Waals surface area contributed by atoms with E-state index in [0.29, 0.717) is 10.9 Å². The first-order chi connectivity index (χ1) is 11.5. The molecule has 0 unspecified atom stereocenters. The number of aromatic amines is 1. The SMILES string of the molecule is CCCc1cc(=O)[nH]c(SCCC(=O)Nc2ccc(Cl)cc2F)n1. The molecule has 5 nitrogen and oxygen atoms in total. The second-order valence-corrected chi connectivity index (χ2v) is 6.58. The molecule has 1 heterocycles. The third kappa shape index (κ3) is 5.65. The Bertz CT molecular complexity index is 782. The molecule has 0 saturated heterocycles. The van der Waals surface area contributed by atoms with Crippen LogP contribution in [0.2, 0.25) is 5.02 Å². The van der Waals surface area contributed by atoms with Crippen molar-refractivity contribution < 1.29 is 9.18 Å². The number of aryl methyl sites for hydroxylation is 1. The van der Waals surface area contributed by atoms with Crippen molar-refractivity contribution in [1.82, 2.24) is 9.97 Å². The fraction of sp³-hybridized carbons (Fsp3) is 0.312. The summed E-state index contributed by atoms with van der Waals surface area (Å²) in [5.41, 5.74) is 0.617. The Balaban J connectivity index is 1.87. The van der Waals surface area contributed by atoms with Crippen molar-refractivity contribution in [3.8, 4) is 0 Å². The van der Waals surface area contributed by atoms with Crippen LogP contribution in [0.4, 0.5) is 10.1 Å². The number of aromatic nitrogens is 2. The minimum atomic E-state index is -0.582. The van der Waals surface area contributed by atoms with Crippen LogP contribution < -0.4 is 10.9 Å². The minimum absolute atomic E-state index is 0.0888. The molecule has 0 bridgehead atoms. The molecule has 0 atom stereocenters. The lowest BCUT2D eigenvalue weighted by atomic mass is 10.2. The molecule has 1 amide bonds. The minimum Gasteiger partial charge on any atom is -0.324 e. The number of nitrogens with zero attached hydrogens (tertiary/aromatic N) is 1. The van der Waals surface area contributed by atoms with E-state index in [2.05, 4.69) is 15.3 Å². The van der Waals surface area contributed by atoms with Crippen molar-refractivity contribution in [3.05, 3.63) is 51.2 Å². The zero-order chi connectivity index (χ0) is 17.5. The molecule has 2 rings (SSSR count). The fourth-order valence-corrected chi connectivity index (χ4v) is 2.97. The van der Waals surface area contributed by atoms with E-state index in [1.807, 2.05) is 6.92 Å². The zero-order valence-electron chi connectivity index (χ0n) is 13.1. The van der Waals surface area contributed by atoms with Gasteiger partial charge in [-0.15, -0.1) is 0 Å². The maximum absolute atomic E-state index is 13.6. The topological polar surface area (TPSA) is 74.8 Å². The number of thioether (sulfide) groups is 1. The van der Waals surface area contributed by atoms with E-state index in [4.69, 9.17) is 11.6 Å². The summed E-state index contributed by atoms with van der Waals surface area (Å²) in [6.07, 6.45) is 1.79. The van der Waals surface area contributed by atoms with Crippen LogP contribution >= 0.6 is 23.4 Å². The normalized spacial score (nSPS) is 10.6. The summed E-state index contributed by atoms with van der Waals surface area (Å²) in [5, 5.41) is 3.24. The van der Waals surface area contributed by atoms with Crippen LogP contribution in [0.5, 0.6) is 0 Å². The highest BCUT2D eigenvalue weighted by Crippen LogP contribution is 2.19. The highest BCUT2D eigenvalue weighted by molar-refractivity contribution is 7.99. The largest absolute Gasteiger partial charge is 0.324 e. The average molecular weight is 370 g/mol. The molecule has 0 aliphatic heterocycles. The molecular formula is C16H17ClFN3O2S. The number of anilines is 1. The van der Waals surface area contributed by atoms with E-state index in [1.54, 1.807) is 0 Å². The third-order valence-electron chi connectivity index (χ3n) is 3.05. The van der Waals surface area contributed by atoms with Crippen molar-refractivity contribution in [2.24, 2.45) is 0 Å². The van der Waals surface area contributed by atoms with Gasteiger partial charge in [0.2, 0.25) is 5.91 Å². The van der Waals surface area contributed by atoms with Crippen LogP contribution in [0.1, 0.15) is 25.5 Å². The second-order valence-electron chi connectivity index (χ2n) is 5.06. The summed E-state index contributed by atoms with van der Waals surface area (Å²) in [5.74, 6) is -0.489. The molecule has 0 radical (unpaired) electrons. The predicted molar refractivity (Wildman–Crippen MR) is 94.2 cm³/mol. The predicted octanol–water partition coefficient (Wildman–Crippen LogP) is 3.64. The van der Waals surface area contributed by atoms with Crippen molar-refractivity contribution in [3.63, 3.8) is 0 Å². The molecule has 8 heteroatoms. The summed E-state index contributed by atoms with van der Waals surface area (Å²) < 4.78 is 13.6. The van der Waals surface area contributed by atoms with Crippen LogP contribution in [0.15, 0.2) is 34.2 Å².